The molecule has 4 aromatic rings. The lowest BCUT2D eigenvalue weighted by atomic mass is 10.0. The lowest BCUT2D eigenvalue weighted by Gasteiger charge is -2.13. The Bertz CT molecular complexity index is 1240. The summed E-state index contributed by atoms with van der Waals surface area (Å²) in [4.78, 5) is 0. The third-order valence-electron chi connectivity index (χ3n) is 5.79. The molecule has 4 rings (SSSR count). The van der Waals surface area contributed by atoms with Crippen LogP contribution in [-0.2, 0) is 27.1 Å². The fourth-order valence-corrected chi connectivity index (χ4v) is 4.10. The van der Waals surface area contributed by atoms with E-state index in [2.05, 4.69) is 28.5 Å². The zero-order valence-electron chi connectivity index (χ0n) is 18.7. The molecule has 0 radical (unpaired) electrons. The molecule has 0 aliphatic rings. The molecule has 0 aliphatic heterocycles. The maximum Gasteiger partial charge on any atom is 0.130 e. The molecular formula is C24H28FN5O. The van der Waals surface area contributed by atoms with E-state index in [9.17, 15) is 4.39 Å². The molecule has 7 heteroatoms. The van der Waals surface area contributed by atoms with Crippen LogP contribution in [0.3, 0.4) is 0 Å². The minimum Gasteiger partial charge on any atom is -0.492 e. The van der Waals surface area contributed by atoms with Crippen molar-refractivity contribution in [2.45, 2.75) is 26.8 Å². The number of benzene rings is 2. The summed E-state index contributed by atoms with van der Waals surface area (Å²) in [6, 6.07) is 10.9. The van der Waals surface area contributed by atoms with Gasteiger partial charge in [0.2, 0.25) is 0 Å². The number of aromatic nitrogens is 4. The summed E-state index contributed by atoms with van der Waals surface area (Å²) in [7, 11) is 5.78. The van der Waals surface area contributed by atoms with E-state index >= 15 is 0 Å². The SMILES string of the molecule is CNCc1nn(C)c2ccc(-c3ccc(F)cc3OCCc3c(C)nn(C)c3C)cc12. The number of halogens is 1. The highest BCUT2D eigenvalue weighted by Crippen LogP contribution is 2.33. The number of fused-ring (bicyclic) bond motifs is 1. The van der Waals surface area contributed by atoms with Gasteiger partial charge in [-0.15, -0.1) is 0 Å². The molecule has 31 heavy (non-hydrogen) atoms. The Kier molecular flexibility index (Phi) is 5.78. The Morgan fingerprint density at radius 2 is 1.84 bits per heavy atom. The molecule has 1 N–H and O–H groups in total. The molecule has 162 valence electrons. The highest BCUT2D eigenvalue weighted by Gasteiger charge is 2.14. The van der Waals surface area contributed by atoms with Crippen molar-refractivity contribution in [3.63, 3.8) is 0 Å². The van der Waals surface area contributed by atoms with Crippen LogP contribution < -0.4 is 10.1 Å². The summed E-state index contributed by atoms with van der Waals surface area (Å²) in [5.41, 5.74) is 7.18. The predicted molar refractivity (Wildman–Crippen MR) is 121 cm³/mol. The zero-order valence-corrected chi connectivity index (χ0v) is 18.7. The van der Waals surface area contributed by atoms with Crippen molar-refractivity contribution in [2.24, 2.45) is 14.1 Å². The third kappa shape index (κ3) is 4.05. The quantitative estimate of drug-likeness (QED) is 0.489. The summed E-state index contributed by atoms with van der Waals surface area (Å²) < 4.78 is 23.9. The minimum absolute atomic E-state index is 0.314. The van der Waals surface area contributed by atoms with E-state index in [1.165, 1.54) is 17.7 Å². The zero-order chi connectivity index (χ0) is 22.1. The van der Waals surface area contributed by atoms with Crippen molar-refractivity contribution in [1.29, 1.82) is 0 Å². The van der Waals surface area contributed by atoms with Crippen LogP contribution in [0.15, 0.2) is 36.4 Å². The fourth-order valence-electron chi connectivity index (χ4n) is 4.10. The molecule has 0 bridgehead atoms. The van der Waals surface area contributed by atoms with Crippen LogP contribution >= 0.6 is 0 Å². The smallest absolute Gasteiger partial charge is 0.130 e. The molecule has 2 aromatic carbocycles. The first-order chi connectivity index (χ1) is 14.9. The first-order valence-corrected chi connectivity index (χ1v) is 10.4. The highest BCUT2D eigenvalue weighted by molar-refractivity contribution is 5.88. The van der Waals surface area contributed by atoms with Crippen LogP contribution in [0.25, 0.3) is 22.0 Å². The maximum atomic E-state index is 14.1. The van der Waals surface area contributed by atoms with Crippen molar-refractivity contribution in [3.05, 3.63) is 64.9 Å². The van der Waals surface area contributed by atoms with Crippen molar-refractivity contribution in [1.82, 2.24) is 24.9 Å². The number of nitrogens with one attached hydrogen (secondary N) is 1. The number of aryl methyl sites for hydroxylation is 3. The number of hydrogen-bond donors (Lipinski definition) is 1. The van der Waals surface area contributed by atoms with Crippen molar-refractivity contribution in [2.75, 3.05) is 13.7 Å². The number of nitrogens with zero attached hydrogens (tertiary/aromatic N) is 4. The van der Waals surface area contributed by atoms with E-state index in [-0.39, 0.29) is 5.82 Å². The predicted octanol–water partition coefficient (Wildman–Crippen LogP) is 4.07. The van der Waals surface area contributed by atoms with Crippen molar-refractivity contribution >= 4 is 10.9 Å². The second kappa shape index (κ2) is 8.51. The van der Waals surface area contributed by atoms with Gasteiger partial charge in [0.05, 0.1) is 23.5 Å². The number of rotatable bonds is 7. The molecule has 0 amide bonds. The second-order valence-corrected chi connectivity index (χ2v) is 7.84. The van der Waals surface area contributed by atoms with Gasteiger partial charge < -0.3 is 10.1 Å². The first kappa shape index (κ1) is 21.1. The van der Waals surface area contributed by atoms with Gasteiger partial charge in [0.1, 0.15) is 11.6 Å². The lowest BCUT2D eigenvalue weighted by molar-refractivity contribution is 0.321. The first-order valence-electron chi connectivity index (χ1n) is 10.4. The van der Waals surface area contributed by atoms with Crippen LogP contribution in [-0.4, -0.2) is 33.2 Å². The average molecular weight is 422 g/mol. The second-order valence-electron chi connectivity index (χ2n) is 7.84. The van der Waals surface area contributed by atoms with Crippen molar-refractivity contribution in [3.8, 4) is 16.9 Å². The van der Waals surface area contributed by atoms with E-state index in [0.717, 1.165) is 45.5 Å². The van der Waals surface area contributed by atoms with Crippen LogP contribution in [0.4, 0.5) is 4.39 Å². The maximum absolute atomic E-state index is 14.1. The van der Waals surface area contributed by atoms with Gasteiger partial charge in [0.25, 0.3) is 0 Å². The summed E-state index contributed by atoms with van der Waals surface area (Å²) in [5, 5.41) is 13.3. The summed E-state index contributed by atoms with van der Waals surface area (Å²) in [5.74, 6) is 0.225. The van der Waals surface area contributed by atoms with Gasteiger partial charge >= 0.3 is 0 Å². The Morgan fingerprint density at radius 3 is 2.55 bits per heavy atom. The largest absolute Gasteiger partial charge is 0.492 e. The molecule has 0 fully saturated rings. The van der Waals surface area contributed by atoms with E-state index in [1.54, 1.807) is 6.07 Å². The standard InChI is InChI=1S/C24H28FN5O/c1-15-19(16(2)29(4)27-15)10-11-31-24-13-18(25)7-8-20(24)17-6-9-23-21(12-17)22(14-26-3)28-30(23)5/h6-9,12-13,26H,10-11,14H2,1-5H3. The molecule has 0 atom stereocenters. The molecule has 2 aromatic heterocycles. The Balaban J connectivity index is 1.64. The van der Waals surface area contributed by atoms with Gasteiger partial charge in [0, 0.05) is 49.8 Å². The molecule has 0 spiro atoms. The number of hydrogen-bond acceptors (Lipinski definition) is 4. The van der Waals surface area contributed by atoms with Gasteiger partial charge in [-0.3, -0.25) is 9.36 Å². The third-order valence-corrected chi connectivity index (χ3v) is 5.79. The van der Waals surface area contributed by atoms with Crippen LogP contribution in [0, 0.1) is 19.7 Å². The van der Waals surface area contributed by atoms with Crippen LogP contribution in [0.2, 0.25) is 0 Å². The van der Waals surface area contributed by atoms with Gasteiger partial charge in [-0.05, 0) is 56.3 Å². The lowest BCUT2D eigenvalue weighted by Crippen LogP contribution is -2.06. The summed E-state index contributed by atoms with van der Waals surface area (Å²) in [6.45, 7) is 5.18. The topological polar surface area (TPSA) is 56.9 Å². The monoisotopic (exact) mass is 421 g/mol. The van der Waals surface area contributed by atoms with E-state index in [4.69, 9.17) is 4.74 Å². The number of ether oxygens (including phenoxy) is 1. The fraction of sp³-hybridized carbons (Fsp3) is 0.333. The molecule has 6 nitrogen and oxygen atoms in total. The molecular weight excluding hydrogens is 393 g/mol. The average Bonchev–Trinajstić information content (AvgIpc) is 3.18. The Hall–Kier alpha value is -3.19. The summed E-state index contributed by atoms with van der Waals surface area (Å²) in [6.07, 6.45) is 0.718. The molecule has 0 aliphatic carbocycles. The highest BCUT2D eigenvalue weighted by atomic mass is 19.1. The van der Waals surface area contributed by atoms with Crippen LogP contribution in [0.5, 0.6) is 5.75 Å². The van der Waals surface area contributed by atoms with Gasteiger partial charge in [-0.2, -0.15) is 10.2 Å². The Morgan fingerprint density at radius 1 is 1.03 bits per heavy atom. The molecule has 0 unspecified atom stereocenters. The Labute approximate surface area is 181 Å². The van der Waals surface area contributed by atoms with Crippen molar-refractivity contribution < 1.29 is 9.13 Å². The van der Waals surface area contributed by atoms with E-state index in [0.29, 0.717) is 18.9 Å². The minimum atomic E-state index is -0.314. The van der Waals surface area contributed by atoms with Gasteiger partial charge in [0.15, 0.2) is 0 Å². The normalized spacial score (nSPS) is 11.4. The molecule has 0 saturated carbocycles. The van der Waals surface area contributed by atoms with Gasteiger partial charge in [-0.25, -0.2) is 4.39 Å². The molecule has 2 heterocycles. The van der Waals surface area contributed by atoms with Gasteiger partial charge in [-0.1, -0.05) is 6.07 Å². The summed E-state index contributed by atoms with van der Waals surface area (Å²) >= 11 is 0. The molecule has 0 saturated heterocycles. The van der Waals surface area contributed by atoms with E-state index in [1.807, 2.05) is 49.6 Å². The van der Waals surface area contributed by atoms with Crippen LogP contribution in [0.1, 0.15) is 22.6 Å². The van der Waals surface area contributed by atoms with E-state index < -0.39 is 0 Å².